The van der Waals surface area contributed by atoms with Crippen molar-refractivity contribution in [3.63, 3.8) is 0 Å². The Bertz CT molecular complexity index is 248. The Morgan fingerprint density at radius 1 is 1.27 bits per heavy atom. The second-order valence-corrected chi connectivity index (χ2v) is 4.92. The Kier molecular flexibility index (Phi) is 4.16. The van der Waals surface area contributed by atoms with E-state index in [0.717, 1.165) is 12.8 Å². The van der Waals surface area contributed by atoms with Gasteiger partial charge in [-0.2, -0.15) is 0 Å². The Morgan fingerprint density at radius 2 is 1.73 bits per heavy atom. The highest BCUT2D eigenvalue weighted by atomic mass is 32.2. The molecular weight excluding hydrogens is 212 g/mol. The molecule has 0 aromatic carbocycles. The van der Waals surface area contributed by atoms with Gasteiger partial charge in [0.15, 0.2) is 0 Å². The van der Waals surface area contributed by atoms with Gasteiger partial charge in [-0.25, -0.2) is 0 Å². The quantitative estimate of drug-likeness (QED) is 0.719. The number of hydrogen-bond acceptors (Lipinski definition) is 4. The minimum Gasteiger partial charge on any atom is -0.324 e. The van der Waals surface area contributed by atoms with E-state index in [-0.39, 0.29) is 11.8 Å². The molecule has 1 saturated heterocycles. The largest absolute Gasteiger partial charge is 0.324 e. The van der Waals surface area contributed by atoms with E-state index in [1.165, 1.54) is 16.7 Å². The number of rotatable bonds is 4. The maximum absolute atomic E-state index is 11.5. The van der Waals surface area contributed by atoms with Crippen molar-refractivity contribution in [3.05, 3.63) is 0 Å². The van der Waals surface area contributed by atoms with Gasteiger partial charge in [0.1, 0.15) is 0 Å². The lowest BCUT2D eigenvalue weighted by Gasteiger charge is -2.34. The monoisotopic (exact) mass is 230 g/mol. The minimum absolute atomic E-state index is 0.104. The van der Waals surface area contributed by atoms with Crippen molar-refractivity contribution in [2.45, 2.75) is 32.2 Å². The van der Waals surface area contributed by atoms with Crippen LogP contribution in [0.1, 0.15) is 26.7 Å². The molecule has 86 valence electrons. The van der Waals surface area contributed by atoms with E-state index >= 15 is 0 Å². The maximum Gasteiger partial charge on any atom is 0.239 e. The highest BCUT2D eigenvalue weighted by molar-refractivity contribution is 8.00. The van der Waals surface area contributed by atoms with Gasteiger partial charge in [0, 0.05) is 12.1 Å². The number of nitrogens with zero attached hydrogens (tertiary/aromatic N) is 1. The Hall–Kier alpha value is -0.550. The summed E-state index contributed by atoms with van der Waals surface area (Å²) in [4.78, 5) is 24.4. The van der Waals surface area contributed by atoms with Crippen LogP contribution in [0.5, 0.6) is 0 Å². The zero-order valence-corrected chi connectivity index (χ0v) is 10.1. The second-order valence-electron chi connectivity index (χ2n) is 3.94. The minimum atomic E-state index is -0.423. The molecule has 1 heterocycles. The molecule has 5 heteroatoms. The third-order valence-electron chi connectivity index (χ3n) is 2.93. The lowest BCUT2D eigenvalue weighted by Crippen LogP contribution is -2.55. The van der Waals surface area contributed by atoms with Gasteiger partial charge in [0.05, 0.1) is 11.5 Å². The van der Waals surface area contributed by atoms with Gasteiger partial charge in [-0.3, -0.25) is 14.5 Å². The number of carbonyl (C=O) groups excluding carboxylic acids is 2. The fourth-order valence-corrected chi connectivity index (χ4v) is 2.25. The Balaban J connectivity index is 2.69. The fraction of sp³-hybridized carbons (Fsp3) is 0.800. The molecular formula is C10H18N2O2S. The smallest absolute Gasteiger partial charge is 0.239 e. The van der Waals surface area contributed by atoms with E-state index in [1.54, 1.807) is 0 Å². The van der Waals surface area contributed by atoms with Gasteiger partial charge in [-0.15, -0.1) is 11.8 Å². The summed E-state index contributed by atoms with van der Waals surface area (Å²) < 4.78 is 0. The molecule has 0 radical (unpaired) electrons. The van der Waals surface area contributed by atoms with Crippen LogP contribution in [-0.2, 0) is 9.59 Å². The molecule has 0 bridgehead atoms. The van der Waals surface area contributed by atoms with Gasteiger partial charge >= 0.3 is 0 Å². The third-order valence-corrected chi connectivity index (χ3v) is 3.84. The second kappa shape index (κ2) is 4.99. The molecule has 0 aromatic rings. The standard InChI is InChI=1S/C10H18N2O2S/c1-3-10(11,4-2)7-12-8(13)5-15-6-9(12)14/h3-7,11H2,1-2H3. The normalized spacial score (nSPS) is 18.5. The number of imide groups is 1. The van der Waals surface area contributed by atoms with Crippen molar-refractivity contribution in [2.75, 3.05) is 18.1 Å². The molecule has 1 rings (SSSR count). The van der Waals surface area contributed by atoms with E-state index in [9.17, 15) is 9.59 Å². The van der Waals surface area contributed by atoms with Crippen molar-refractivity contribution >= 4 is 23.6 Å². The molecule has 1 aliphatic heterocycles. The van der Waals surface area contributed by atoms with E-state index in [1.807, 2.05) is 13.8 Å². The summed E-state index contributed by atoms with van der Waals surface area (Å²) in [5.41, 5.74) is 5.68. The molecule has 0 aromatic heterocycles. The molecule has 1 fully saturated rings. The van der Waals surface area contributed by atoms with Crippen LogP contribution in [0.2, 0.25) is 0 Å². The van der Waals surface area contributed by atoms with Crippen LogP contribution in [-0.4, -0.2) is 40.3 Å². The van der Waals surface area contributed by atoms with Crippen molar-refractivity contribution in [1.29, 1.82) is 0 Å². The van der Waals surface area contributed by atoms with Gasteiger partial charge < -0.3 is 5.73 Å². The predicted molar refractivity (Wildman–Crippen MR) is 61.5 cm³/mol. The number of thioether (sulfide) groups is 1. The molecule has 0 saturated carbocycles. The molecule has 0 unspecified atom stereocenters. The average Bonchev–Trinajstić information content (AvgIpc) is 2.23. The molecule has 0 spiro atoms. The zero-order valence-electron chi connectivity index (χ0n) is 9.28. The number of amides is 2. The van der Waals surface area contributed by atoms with E-state index in [4.69, 9.17) is 5.73 Å². The number of hydrogen-bond donors (Lipinski definition) is 1. The van der Waals surface area contributed by atoms with Gasteiger partial charge in [0.25, 0.3) is 0 Å². The van der Waals surface area contributed by atoms with E-state index in [2.05, 4.69) is 0 Å². The fourth-order valence-electron chi connectivity index (χ4n) is 1.49. The lowest BCUT2D eigenvalue weighted by molar-refractivity contribution is -0.143. The Labute approximate surface area is 94.6 Å². The zero-order chi connectivity index (χ0) is 11.5. The SMILES string of the molecule is CCC(N)(CC)CN1C(=O)CSCC1=O. The lowest BCUT2D eigenvalue weighted by atomic mass is 9.93. The summed E-state index contributed by atoms with van der Waals surface area (Å²) in [6.07, 6.45) is 1.54. The van der Waals surface area contributed by atoms with Crippen LogP contribution in [0.3, 0.4) is 0 Å². The first-order valence-electron chi connectivity index (χ1n) is 5.22. The van der Waals surface area contributed by atoms with Gasteiger partial charge in [-0.1, -0.05) is 13.8 Å². The summed E-state index contributed by atoms with van der Waals surface area (Å²) in [5, 5.41) is 0. The first-order valence-corrected chi connectivity index (χ1v) is 6.37. The van der Waals surface area contributed by atoms with Crippen LogP contribution in [0.15, 0.2) is 0 Å². The van der Waals surface area contributed by atoms with Crippen LogP contribution in [0.25, 0.3) is 0 Å². The molecule has 2 N–H and O–H groups in total. The highest BCUT2D eigenvalue weighted by Gasteiger charge is 2.32. The molecule has 2 amide bonds. The van der Waals surface area contributed by atoms with Crippen LogP contribution in [0.4, 0.5) is 0 Å². The summed E-state index contributed by atoms with van der Waals surface area (Å²) in [6.45, 7) is 4.33. The highest BCUT2D eigenvalue weighted by Crippen LogP contribution is 2.18. The van der Waals surface area contributed by atoms with Gasteiger partial charge in [0.2, 0.25) is 11.8 Å². The molecule has 0 aliphatic carbocycles. The van der Waals surface area contributed by atoms with Crippen LogP contribution < -0.4 is 5.73 Å². The van der Waals surface area contributed by atoms with Crippen LogP contribution in [0, 0.1) is 0 Å². The average molecular weight is 230 g/mol. The van der Waals surface area contributed by atoms with Crippen molar-refractivity contribution in [1.82, 2.24) is 4.90 Å². The molecule has 15 heavy (non-hydrogen) atoms. The van der Waals surface area contributed by atoms with Crippen molar-refractivity contribution in [3.8, 4) is 0 Å². The molecule has 4 nitrogen and oxygen atoms in total. The maximum atomic E-state index is 11.5. The van der Waals surface area contributed by atoms with E-state index < -0.39 is 5.54 Å². The first kappa shape index (κ1) is 12.5. The Morgan fingerprint density at radius 3 is 2.13 bits per heavy atom. The third kappa shape index (κ3) is 2.95. The van der Waals surface area contributed by atoms with Crippen molar-refractivity contribution < 1.29 is 9.59 Å². The summed E-state index contributed by atoms with van der Waals surface area (Å²) in [5.74, 6) is 0.589. The number of nitrogens with two attached hydrogens (primary N) is 1. The summed E-state index contributed by atoms with van der Waals surface area (Å²) in [7, 11) is 0. The molecule has 0 atom stereocenters. The first-order chi connectivity index (χ1) is 7.02. The number of carbonyl (C=O) groups is 2. The van der Waals surface area contributed by atoms with Crippen LogP contribution >= 0.6 is 11.8 Å². The van der Waals surface area contributed by atoms with E-state index in [0.29, 0.717) is 18.1 Å². The summed E-state index contributed by atoms with van der Waals surface area (Å²) in [6, 6.07) is 0. The van der Waals surface area contributed by atoms with Gasteiger partial charge in [-0.05, 0) is 12.8 Å². The predicted octanol–water partition coefficient (Wildman–Crippen LogP) is 0.606. The topological polar surface area (TPSA) is 63.4 Å². The summed E-state index contributed by atoms with van der Waals surface area (Å²) >= 11 is 1.37. The molecule has 1 aliphatic rings. The van der Waals surface area contributed by atoms with Crippen molar-refractivity contribution in [2.24, 2.45) is 5.73 Å².